The Bertz CT molecular complexity index is 1070. The topological polar surface area (TPSA) is 117 Å². The van der Waals surface area contributed by atoms with E-state index in [9.17, 15) is 9.59 Å². The SMILES string of the molecule is COc1ccc2c(n1)c(CCN)c1n2C(OC(=O)C(=O)O)c2ccccc2-1. The Hall–Kier alpha value is -3.39. The van der Waals surface area contributed by atoms with Crippen LogP contribution in [-0.4, -0.2) is 40.3 Å². The Labute approximate surface area is 154 Å². The summed E-state index contributed by atoms with van der Waals surface area (Å²) in [6.45, 7) is 0.409. The molecule has 0 saturated carbocycles. The number of carbonyl (C=O) groups is 2. The number of carbonyl (C=O) groups excluding carboxylic acids is 1. The van der Waals surface area contributed by atoms with Gasteiger partial charge in [0, 0.05) is 22.8 Å². The van der Waals surface area contributed by atoms with Crippen LogP contribution in [0.2, 0.25) is 0 Å². The number of rotatable bonds is 4. The fourth-order valence-electron chi connectivity index (χ4n) is 3.59. The summed E-state index contributed by atoms with van der Waals surface area (Å²) in [5.74, 6) is -2.50. The lowest BCUT2D eigenvalue weighted by atomic mass is 10.0. The summed E-state index contributed by atoms with van der Waals surface area (Å²) in [4.78, 5) is 27.4. The van der Waals surface area contributed by atoms with Crippen molar-refractivity contribution in [3.8, 4) is 17.1 Å². The van der Waals surface area contributed by atoms with Gasteiger partial charge in [0.15, 0.2) is 0 Å². The summed E-state index contributed by atoms with van der Waals surface area (Å²) in [6, 6.07) is 10.9. The number of fused-ring (bicyclic) bond motifs is 5. The molecule has 0 spiro atoms. The molecule has 1 unspecified atom stereocenters. The molecule has 3 heterocycles. The van der Waals surface area contributed by atoms with Crippen LogP contribution in [0.5, 0.6) is 5.88 Å². The lowest BCUT2D eigenvalue weighted by Gasteiger charge is -2.16. The van der Waals surface area contributed by atoms with Gasteiger partial charge < -0.3 is 20.3 Å². The summed E-state index contributed by atoms with van der Waals surface area (Å²) >= 11 is 0. The number of pyridine rings is 1. The summed E-state index contributed by atoms with van der Waals surface area (Å²) in [5.41, 5.74) is 10.6. The van der Waals surface area contributed by atoms with Crippen molar-refractivity contribution in [3.05, 3.63) is 47.5 Å². The minimum absolute atomic E-state index is 0.409. The number of hydrogen-bond donors (Lipinski definition) is 2. The number of nitrogens with two attached hydrogens (primary N) is 1. The molecule has 0 radical (unpaired) electrons. The smallest absolute Gasteiger partial charge is 0.419 e. The van der Waals surface area contributed by atoms with Gasteiger partial charge in [0.05, 0.1) is 23.8 Å². The standard InChI is InChI=1S/C19H17N3O5/c1-26-14-7-6-13-15(21-14)12(8-9-20)16-10-4-2-3-5-11(10)17(22(13)16)27-19(25)18(23)24/h2-7,17H,8-9,20H2,1H3,(H,23,24). The van der Waals surface area contributed by atoms with Crippen LogP contribution >= 0.6 is 0 Å². The number of hydrogen-bond acceptors (Lipinski definition) is 6. The molecule has 8 nitrogen and oxygen atoms in total. The Morgan fingerprint density at radius 1 is 1.26 bits per heavy atom. The molecular weight excluding hydrogens is 350 g/mol. The van der Waals surface area contributed by atoms with E-state index >= 15 is 0 Å². The maximum Gasteiger partial charge on any atom is 0.419 e. The van der Waals surface area contributed by atoms with Gasteiger partial charge in [0.1, 0.15) is 0 Å². The van der Waals surface area contributed by atoms with Gasteiger partial charge in [0.25, 0.3) is 0 Å². The molecule has 3 N–H and O–H groups in total. The summed E-state index contributed by atoms with van der Waals surface area (Å²) in [6.07, 6.45) is -0.323. The Morgan fingerprint density at radius 3 is 2.74 bits per heavy atom. The van der Waals surface area contributed by atoms with Crippen molar-refractivity contribution in [1.29, 1.82) is 0 Å². The largest absolute Gasteiger partial charge is 0.481 e. The van der Waals surface area contributed by atoms with Crippen molar-refractivity contribution in [2.24, 2.45) is 5.73 Å². The number of carboxylic acids is 1. The van der Waals surface area contributed by atoms with Crippen LogP contribution < -0.4 is 10.5 Å². The molecule has 1 atom stereocenters. The van der Waals surface area contributed by atoms with E-state index in [-0.39, 0.29) is 0 Å². The highest BCUT2D eigenvalue weighted by Gasteiger charge is 2.37. The maximum absolute atomic E-state index is 11.8. The molecule has 0 amide bonds. The second kappa shape index (κ2) is 6.40. The zero-order valence-corrected chi connectivity index (χ0v) is 14.5. The Morgan fingerprint density at radius 2 is 2.04 bits per heavy atom. The van der Waals surface area contributed by atoms with Gasteiger partial charge in [0.2, 0.25) is 12.1 Å². The molecule has 0 fully saturated rings. The van der Waals surface area contributed by atoms with Gasteiger partial charge >= 0.3 is 11.9 Å². The molecular formula is C19H17N3O5. The van der Waals surface area contributed by atoms with E-state index in [1.165, 1.54) is 7.11 Å². The quantitative estimate of drug-likeness (QED) is 0.532. The van der Waals surface area contributed by atoms with Gasteiger partial charge in [-0.1, -0.05) is 24.3 Å². The predicted octanol–water partition coefficient (Wildman–Crippen LogP) is 1.70. The van der Waals surface area contributed by atoms with Crippen molar-refractivity contribution in [2.45, 2.75) is 12.6 Å². The van der Waals surface area contributed by atoms with E-state index in [4.69, 9.17) is 20.3 Å². The van der Waals surface area contributed by atoms with Gasteiger partial charge in [-0.3, -0.25) is 4.57 Å². The van der Waals surface area contributed by atoms with Crippen molar-refractivity contribution < 1.29 is 24.2 Å². The molecule has 3 aromatic rings. The average Bonchev–Trinajstić information content (AvgIpc) is 3.16. The van der Waals surface area contributed by atoms with Gasteiger partial charge in [-0.15, -0.1) is 0 Å². The van der Waals surface area contributed by atoms with Crippen LogP contribution in [0.3, 0.4) is 0 Å². The zero-order valence-electron chi connectivity index (χ0n) is 14.5. The number of aliphatic carboxylic acids is 1. The number of aromatic nitrogens is 2. The second-order valence-corrected chi connectivity index (χ2v) is 6.11. The van der Waals surface area contributed by atoms with E-state index in [0.717, 1.165) is 22.4 Å². The Kier molecular flexibility index (Phi) is 4.04. The van der Waals surface area contributed by atoms with Gasteiger partial charge in [-0.05, 0) is 19.0 Å². The summed E-state index contributed by atoms with van der Waals surface area (Å²) < 4.78 is 12.4. The number of ether oxygens (including phenoxy) is 2. The third kappa shape index (κ3) is 2.53. The normalized spacial score (nSPS) is 14.7. The van der Waals surface area contributed by atoms with Crippen molar-refractivity contribution in [3.63, 3.8) is 0 Å². The monoisotopic (exact) mass is 367 g/mol. The van der Waals surface area contributed by atoms with Crippen LogP contribution in [-0.2, 0) is 20.7 Å². The molecule has 0 saturated heterocycles. The minimum atomic E-state index is -1.64. The molecule has 8 heteroatoms. The highest BCUT2D eigenvalue weighted by molar-refractivity contribution is 6.28. The first-order valence-electron chi connectivity index (χ1n) is 8.38. The first kappa shape index (κ1) is 17.0. The van der Waals surface area contributed by atoms with Crippen LogP contribution in [0.25, 0.3) is 22.3 Å². The molecule has 1 aliphatic rings. The van der Waals surface area contributed by atoms with Gasteiger partial charge in [-0.25, -0.2) is 14.6 Å². The number of carboxylic acid groups (broad SMARTS) is 1. The molecule has 1 aromatic carbocycles. The van der Waals surface area contributed by atoms with Crippen LogP contribution in [0.1, 0.15) is 17.4 Å². The third-order valence-corrected chi connectivity index (χ3v) is 4.63. The third-order valence-electron chi connectivity index (χ3n) is 4.63. The predicted molar refractivity (Wildman–Crippen MR) is 96.3 cm³/mol. The van der Waals surface area contributed by atoms with E-state index in [1.807, 2.05) is 30.3 Å². The lowest BCUT2D eigenvalue weighted by molar-refractivity contribution is -0.168. The molecule has 138 valence electrons. The van der Waals surface area contributed by atoms with Crippen molar-refractivity contribution in [2.75, 3.05) is 13.7 Å². The van der Waals surface area contributed by atoms with Crippen molar-refractivity contribution >= 4 is 23.0 Å². The maximum atomic E-state index is 11.8. The molecule has 27 heavy (non-hydrogen) atoms. The molecule has 0 aliphatic carbocycles. The number of nitrogens with zero attached hydrogens (tertiary/aromatic N) is 2. The molecule has 2 aromatic heterocycles. The van der Waals surface area contributed by atoms with Crippen molar-refractivity contribution in [1.82, 2.24) is 9.55 Å². The Balaban J connectivity index is 2.01. The average molecular weight is 367 g/mol. The number of esters is 1. The number of benzene rings is 1. The molecule has 0 bridgehead atoms. The lowest BCUT2D eigenvalue weighted by Crippen LogP contribution is -2.22. The summed E-state index contributed by atoms with van der Waals surface area (Å²) in [5, 5.41) is 8.98. The highest BCUT2D eigenvalue weighted by atomic mass is 16.6. The van der Waals surface area contributed by atoms with Crippen LogP contribution in [0.15, 0.2) is 36.4 Å². The first-order chi connectivity index (χ1) is 13.1. The van der Waals surface area contributed by atoms with E-state index < -0.39 is 18.2 Å². The number of methoxy groups -OCH3 is 1. The van der Waals surface area contributed by atoms with Crippen LogP contribution in [0, 0.1) is 0 Å². The second-order valence-electron chi connectivity index (χ2n) is 6.11. The van der Waals surface area contributed by atoms with Gasteiger partial charge in [-0.2, -0.15) is 0 Å². The highest BCUT2D eigenvalue weighted by Crippen LogP contribution is 2.46. The van der Waals surface area contributed by atoms with Crippen LogP contribution in [0.4, 0.5) is 0 Å². The zero-order chi connectivity index (χ0) is 19.1. The van der Waals surface area contributed by atoms with E-state index in [2.05, 4.69) is 4.98 Å². The first-order valence-corrected chi connectivity index (χ1v) is 8.38. The molecule has 1 aliphatic heterocycles. The van der Waals surface area contributed by atoms with E-state index in [1.54, 1.807) is 10.6 Å². The summed E-state index contributed by atoms with van der Waals surface area (Å²) in [7, 11) is 1.54. The minimum Gasteiger partial charge on any atom is -0.481 e. The fourth-order valence-corrected chi connectivity index (χ4v) is 3.59. The molecule has 4 rings (SSSR count). The fraction of sp³-hybridized carbons (Fsp3) is 0.211. The van der Waals surface area contributed by atoms with E-state index in [0.29, 0.717) is 29.9 Å².